The van der Waals surface area contributed by atoms with Crippen molar-refractivity contribution in [2.45, 2.75) is 5.92 Å². The number of hydrogen-bond acceptors (Lipinski definition) is 1. The van der Waals surface area contributed by atoms with Crippen LogP contribution in [0.4, 0.5) is 0 Å². The predicted octanol–water partition coefficient (Wildman–Crippen LogP) is 22.4. The van der Waals surface area contributed by atoms with Crippen molar-refractivity contribution in [1.82, 2.24) is 13.7 Å². The maximum Gasteiger partial charge on any atom is 0.242 e. The number of fused-ring (bicyclic) bond motifs is 27. The van der Waals surface area contributed by atoms with Gasteiger partial charge in [0.25, 0.3) is 0 Å². The number of nitrogens with zero attached hydrogens (tertiary/aromatic N) is 3. The zero-order valence-corrected chi connectivity index (χ0v) is 66.9. The fourth-order valence-corrected chi connectivity index (χ4v) is 21.2. The normalized spacial score (nSPS) is 12.5. The minimum Gasteiger partial charge on any atom is -0.455 e. The topological polar surface area (TPSA) is 27.9 Å². The number of rotatable bonds is 7. The van der Waals surface area contributed by atoms with Gasteiger partial charge in [-0.2, -0.15) is 0 Å². The summed E-state index contributed by atoms with van der Waals surface area (Å²) in [6.45, 7) is 0.325. The van der Waals surface area contributed by atoms with Gasteiger partial charge in [0.2, 0.25) is 20.1 Å². The Balaban J connectivity index is 0.000000105. The molecule has 0 amide bonds. The molecule has 0 spiro atoms. The molecular formula is C115H76B3N3O. The van der Waals surface area contributed by atoms with Gasteiger partial charge in [-0.1, -0.05) is 437 Å². The van der Waals surface area contributed by atoms with Crippen molar-refractivity contribution in [3.63, 3.8) is 0 Å². The predicted molar refractivity (Wildman–Crippen MR) is 516 cm³/mol. The monoisotopic (exact) mass is 1550 g/mol. The molecule has 7 heteroatoms. The lowest BCUT2D eigenvalue weighted by Crippen LogP contribution is -2.52. The standard InChI is InChI=1S/C45H30BN.C38H24BNO.C32H22BN/c1-2-14-32(15-3-1)47-42-25-13-10-22-39(42)44-37-20-8-11-23-40(37)46(41-24-12-9-21-38(41)45(44)47)31-28-26-30(27-29-31)43-35-18-6-4-16-33(35)34-17-5-7-19-36(34)43;1-2-12-26(13-3-1)40-34-20-10-6-14-27(34)31-24-25(22-23-35(31)40)39-32-18-8-4-15-28(32)37-30-17-7-11-21-36(30)41-38(37)29-16-5-9-19-33(29)39;1-3-13-23(14-4-1)33-28-20-10-7-17-25(28)31-27-19-9-12-22-30(27)34(24-15-5-2-6-16-24)32(31)26-18-8-11-21-29(26)33/h1-29,43H;1-24H;1-22H. The van der Waals surface area contributed by atoms with Gasteiger partial charge in [-0.25, -0.2) is 0 Å². The van der Waals surface area contributed by atoms with Gasteiger partial charge in [0.1, 0.15) is 11.3 Å². The Labute approximate surface area is 710 Å². The summed E-state index contributed by atoms with van der Waals surface area (Å²) in [5.41, 5.74) is 42.0. The zero-order valence-electron chi connectivity index (χ0n) is 66.9. The quantitative estimate of drug-likeness (QED) is 0.146. The minimum absolute atomic E-state index is 0.0620. The molecule has 1 aliphatic carbocycles. The molecule has 4 nitrogen and oxygen atoms in total. The Morgan fingerprint density at radius 2 is 0.525 bits per heavy atom. The van der Waals surface area contributed by atoms with Crippen molar-refractivity contribution in [3.05, 3.63) is 472 Å². The van der Waals surface area contributed by atoms with Crippen LogP contribution in [0, 0.1) is 0 Å². The molecule has 7 heterocycles. The third-order valence-corrected chi connectivity index (χ3v) is 26.2. The molecule has 22 aromatic rings. The van der Waals surface area contributed by atoms with Crippen molar-refractivity contribution in [2.24, 2.45) is 0 Å². The number of furan rings is 1. The van der Waals surface area contributed by atoms with E-state index in [4.69, 9.17) is 4.42 Å². The molecule has 566 valence electrons. The molecular weight excluding hydrogens is 1470 g/mol. The highest BCUT2D eigenvalue weighted by Gasteiger charge is 2.40. The summed E-state index contributed by atoms with van der Waals surface area (Å²) >= 11 is 0. The van der Waals surface area contributed by atoms with E-state index in [2.05, 4.69) is 463 Å². The molecule has 0 atom stereocenters. The van der Waals surface area contributed by atoms with E-state index in [1.165, 1.54) is 194 Å². The van der Waals surface area contributed by atoms with E-state index in [9.17, 15) is 0 Å². The van der Waals surface area contributed by atoms with Gasteiger partial charge in [0, 0.05) is 72.2 Å². The van der Waals surface area contributed by atoms with Crippen LogP contribution in [0.2, 0.25) is 0 Å². The molecule has 3 aliphatic heterocycles. The van der Waals surface area contributed by atoms with Gasteiger partial charge in [-0.15, -0.1) is 0 Å². The Hall–Kier alpha value is -15.4. The molecule has 0 saturated carbocycles. The van der Waals surface area contributed by atoms with Crippen LogP contribution >= 0.6 is 0 Å². The molecule has 0 unspecified atom stereocenters. The highest BCUT2D eigenvalue weighted by molar-refractivity contribution is 6.99. The summed E-state index contributed by atoms with van der Waals surface area (Å²) in [6, 6.07) is 166. The van der Waals surface area contributed by atoms with Gasteiger partial charge < -0.3 is 18.1 Å². The molecule has 0 saturated heterocycles. The minimum atomic E-state index is 0.0620. The van der Waals surface area contributed by atoms with E-state index in [-0.39, 0.29) is 26.1 Å². The first-order valence-electron chi connectivity index (χ1n) is 42.5. The summed E-state index contributed by atoms with van der Waals surface area (Å²) in [4.78, 5) is 0. The summed E-state index contributed by atoms with van der Waals surface area (Å²) in [6.07, 6.45) is 0. The number of aromatic nitrogens is 3. The second kappa shape index (κ2) is 29.3. The van der Waals surface area contributed by atoms with E-state index in [1.54, 1.807) is 0 Å². The van der Waals surface area contributed by atoms with E-state index in [1.807, 2.05) is 6.07 Å². The first-order valence-corrected chi connectivity index (χ1v) is 42.5. The average Bonchev–Trinajstić information content (AvgIpc) is 1.58. The third kappa shape index (κ3) is 11.3. The van der Waals surface area contributed by atoms with Gasteiger partial charge in [0.05, 0.1) is 33.5 Å². The molecule has 0 fully saturated rings. The number of hydrogen-bond donors (Lipinski definition) is 0. The molecule has 0 bridgehead atoms. The average molecular weight is 1550 g/mol. The van der Waals surface area contributed by atoms with E-state index >= 15 is 0 Å². The van der Waals surface area contributed by atoms with Crippen LogP contribution in [0.3, 0.4) is 0 Å². The van der Waals surface area contributed by atoms with Crippen LogP contribution in [-0.2, 0) is 0 Å². The highest BCUT2D eigenvalue weighted by Crippen LogP contribution is 2.50. The maximum atomic E-state index is 6.61. The van der Waals surface area contributed by atoms with Crippen molar-refractivity contribution >= 4 is 124 Å². The van der Waals surface area contributed by atoms with E-state index < -0.39 is 0 Å². The van der Waals surface area contributed by atoms with Crippen molar-refractivity contribution in [2.75, 3.05) is 0 Å². The highest BCUT2D eigenvalue weighted by atomic mass is 16.3. The van der Waals surface area contributed by atoms with Crippen LogP contribution in [0.15, 0.2) is 459 Å². The van der Waals surface area contributed by atoms with Gasteiger partial charge in [-0.3, -0.25) is 0 Å². The second-order valence-corrected chi connectivity index (χ2v) is 32.6. The van der Waals surface area contributed by atoms with Gasteiger partial charge >= 0.3 is 0 Å². The fourth-order valence-electron chi connectivity index (χ4n) is 21.2. The zero-order chi connectivity index (χ0) is 80.3. The first kappa shape index (κ1) is 70.8. The molecule has 0 radical (unpaired) electrons. The lowest BCUT2D eigenvalue weighted by molar-refractivity contribution is 0.633. The van der Waals surface area contributed by atoms with Gasteiger partial charge in [0.15, 0.2) is 0 Å². The van der Waals surface area contributed by atoms with Crippen molar-refractivity contribution in [3.8, 4) is 95.4 Å². The Bertz CT molecular complexity index is 7810. The molecule has 4 aliphatic rings. The van der Waals surface area contributed by atoms with Crippen LogP contribution in [0.1, 0.15) is 22.6 Å². The molecule has 0 N–H and O–H groups in total. The molecule has 26 rings (SSSR count). The number of benzene rings is 18. The molecule has 18 aromatic carbocycles. The molecule has 122 heavy (non-hydrogen) atoms. The smallest absolute Gasteiger partial charge is 0.242 e. The SMILES string of the molecule is c1ccc(-n2c3c(c4ccccc42)-c2ccccc2B(c2ccc(C4c5ccccc5-c5ccccc54)cc2)c2ccccc2-3)cc1.c1ccc(-n2c3ccccc3c3cc(B4c5ccccc5-c5oc6ccccc6c5-c5ccccc54)ccc32)cc1.c1ccc(B2c3ccccc3-c3c(n(-c4ccccc4)c4ccccc34)-c3ccccc32)cc1. The number of para-hydroxylation sites is 7. The van der Waals surface area contributed by atoms with Crippen molar-refractivity contribution < 1.29 is 4.42 Å². The van der Waals surface area contributed by atoms with Crippen LogP contribution in [0.25, 0.3) is 150 Å². The largest absolute Gasteiger partial charge is 0.455 e. The van der Waals surface area contributed by atoms with Gasteiger partial charge in [-0.05, 0) is 122 Å². The Morgan fingerprint density at radius 1 is 0.205 bits per heavy atom. The summed E-state index contributed by atoms with van der Waals surface area (Å²) in [5.74, 6) is 1.20. The summed E-state index contributed by atoms with van der Waals surface area (Å²) < 4.78 is 13.9. The van der Waals surface area contributed by atoms with E-state index in [0.717, 1.165) is 22.3 Å². The Kier molecular flexibility index (Phi) is 17.0. The maximum absolute atomic E-state index is 6.61. The lowest BCUT2D eigenvalue weighted by Gasteiger charge is -2.20. The molecule has 4 aromatic heterocycles. The van der Waals surface area contributed by atoms with Crippen LogP contribution in [0.5, 0.6) is 0 Å². The van der Waals surface area contributed by atoms with E-state index in [0.29, 0.717) is 0 Å². The van der Waals surface area contributed by atoms with Crippen LogP contribution in [-0.4, -0.2) is 33.8 Å². The lowest BCUT2D eigenvalue weighted by atomic mass is 9.36. The fraction of sp³-hybridized carbons (Fsp3) is 0.00870. The van der Waals surface area contributed by atoms with Crippen molar-refractivity contribution in [1.29, 1.82) is 0 Å². The summed E-state index contributed by atoms with van der Waals surface area (Å²) in [7, 11) is 0. The second-order valence-electron chi connectivity index (χ2n) is 32.6. The van der Waals surface area contributed by atoms with Crippen LogP contribution < -0.4 is 49.2 Å². The Morgan fingerprint density at radius 3 is 1.02 bits per heavy atom. The third-order valence-electron chi connectivity index (χ3n) is 26.2. The first-order chi connectivity index (χ1) is 60.6. The summed E-state index contributed by atoms with van der Waals surface area (Å²) in [5, 5.41) is 6.26.